The van der Waals surface area contributed by atoms with Crippen LogP contribution in [0.4, 0.5) is 4.39 Å². The van der Waals surface area contributed by atoms with Crippen molar-refractivity contribution in [1.82, 2.24) is 19.9 Å². The summed E-state index contributed by atoms with van der Waals surface area (Å²) in [6.45, 7) is 0.752. The van der Waals surface area contributed by atoms with Crippen LogP contribution in [0.3, 0.4) is 0 Å². The summed E-state index contributed by atoms with van der Waals surface area (Å²) in [4.78, 5) is 20.6. The molecule has 1 aromatic carbocycles. The fourth-order valence-corrected chi connectivity index (χ4v) is 2.98. The van der Waals surface area contributed by atoms with Crippen LogP contribution in [0.5, 0.6) is 0 Å². The highest BCUT2D eigenvalue weighted by Gasteiger charge is 2.12. The molecule has 3 rings (SSSR count). The van der Waals surface area contributed by atoms with Gasteiger partial charge in [0.25, 0.3) is 5.91 Å². The van der Waals surface area contributed by atoms with Gasteiger partial charge in [-0.3, -0.25) is 4.79 Å². The smallest absolute Gasteiger partial charge is 0.270 e. The van der Waals surface area contributed by atoms with E-state index >= 15 is 0 Å². The number of halogens is 1. The fourth-order valence-electron chi connectivity index (χ4n) is 2.32. The Bertz CT molecular complexity index is 857. The Kier molecular flexibility index (Phi) is 4.35. The van der Waals surface area contributed by atoms with Crippen LogP contribution in [-0.4, -0.2) is 27.0 Å². The molecule has 2 heterocycles. The van der Waals surface area contributed by atoms with Crippen molar-refractivity contribution in [3.8, 4) is 0 Å². The number of rotatable bonds is 5. The van der Waals surface area contributed by atoms with Crippen LogP contribution in [0, 0.1) is 5.82 Å². The minimum absolute atomic E-state index is 0.231. The molecule has 0 unspecified atom stereocenters. The van der Waals surface area contributed by atoms with Gasteiger partial charge in [0.2, 0.25) is 0 Å². The summed E-state index contributed by atoms with van der Waals surface area (Å²) in [5.74, 6) is 0.261. The van der Waals surface area contributed by atoms with Gasteiger partial charge < -0.3 is 15.6 Å². The molecule has 0 radical (unpaired) electrons. The zero-order valence-corrected chi connectivity index (χ0v) is 13.4. The predicted octanol–water partition coefficient (Wildman–Crippen LogP) is 1.60. The topological polar surface area (TPSA) is 85.8 Å². The summed E-state index contributed by atoms with van der Waals surface area (Å²) in [7, 11) is 1.83. The van der Waals surface area contributed by atoms with Crippen LogP contribution >= 0.6 is 11.3 Å². The van der Waals surface area contributed by atoms with Crippen molar-refractivity contribution < 1.29 is 9.18 Å². The van der Waals surface area contributed by atoms with E-state index in [0.29, 0.717) is 25.2 Å². The fraction of sp³-hybridized carbons (Fsp3) is 0.267. The number of aryl methyl sites for hydroxylation is 1. The van der Waals surface area contributed by atoms with E-state index in [9.17, 15) is 9.18 Å². The first-order chi connectivity index (χ1) is 11.1. The first-order valence-electron chi connectivity index (χ1n) is 7.12. The molecule has 120 valence electrons. The van der Waals surface area contributed by atoms with E-state index in [-0.39, 0.29) is 11.7 Å². The van der Waals surface area contributed by atoms with E-state index in [1.165, 1.54) is 23.5 Å². The quantitative estimate of drug-likeness (QED) is 0.742. The average molecular weight is 333 g/mol. The summed E-state index contributed by atoms with van der Waals surface area (Å²) in [5, 5.41) is 5.22. The van der Waals surface area contributed by atoms with Gasteiger partial charge in [-0.05, 0) is 18.2 Å². The van der Waals surface area contributed by atoms with Crippen molar-refractivity contribution in [2.75, 3.05) is 6.54 Å². The molecule has 8 heteroatoms. The third kappa shape index (κ3) is 3.22. The SMILES string of the molecule is Cn1c(CCNC(=O)c2csc(CN)n2)nc2ccc(F)cc21. The molecule has 3 N–H and O–H groups in total. The van der Waals surface area contributed by atoms with E-state index in [0.717, 1.165) is 21.9 Å². The van der Waals surface area contributed by atoms with E-state index in [1.807, 2.05) is 11.6 Å². The largest absolute Gasteiger partial charge is 0.350 e. The molecule has 6 nitrogen and oxygen atoms in total. The highest BCUT2D eigenvalue weighted by atomic mass is 32.1. The number of benzene rings is 1. The van der Waals surface area contributed by atoms with Crippen molar-refractivity contribution in [2.24, 2.45) is 12.8 Å². The Labute approximate surface area is 136 Å². The summed E-state index contributed by atoms with van der Waals surface area (Å²) >= 11 is 1.37. The Hall–Kier alpha value is -2.32. The van der Waals surface area contributed by atoms with Gasteiger partial charge in [-0.2, -0.15) is 0 Å². The molecule has 0 saturated carbocycles. The molecule has 2 aromatic heterocycles. The Balaban J connectivity index is 1.64. The molecule has 0 spiro atoms. The van der Waals surface area contributed by atoms with Crippen molar-refractivity contribution in [1.29, 1.82) is 0 Å². The minimum Gasteiger partial charge on any atom is -0.350 e. The van der Waals surface area contributed by atoms with Crippen LogP contribution in [0.25, 0.3) is 11.0 Å². The molecule has 0 aliphatic carbocycles. The predicted molar refractivity (Wildman–Crippen MR) is 86.7 cm³/mol. The van der Waals surface area contributed by atoms with Gasteiger partial charge in [0, 0.05) is 31.9 Å². The first kappa shape index (κ1) is 15.6. The van der Waals surface area contributed by atoms with Gasteiger partial charge >= 0.3 is 0 Å². The molecule has 0 bridgehead atoms. The molecule has 0 atom stereocenters. The van der Waals surface area contributed by atoms with E-state index < -0.39 is 0 Å². The Morgan fingerprint density at radius 2 is 2.26 bits per heavy atom. The maximum absolute atomic E-state index is 13.3. The highest BCUT2D eigenvalue weighted by molar-refractivity contribution is 7.09. The standard InChI is InChI=1S/C15H16FN5OS/c1-21-12-6-9(16)2-3-10(12)19-13(21)4-5-18-15(22)11-8-23-14(7-17)20-11/h2-3,6,8H,4-5,7,17H2,1H3,(H,18,22). The number of hydrogen-bond donors (Lipinski definition) is 2. The van der Waals surface area contributed by atoms with Gasteiger partial charge in [0.1, 0.15) is 22.3 Å². The lowest BCUT2D eigenvalue weighted by Gasteiger charge is -2.04. The summed E-state index contributed by atoms with van der Waals surface area (Å²) < 4.78 is 15.1. The van der Waals surface area contributed by atoms with Crippen molar-refractivity contribution in [3.05, 3.63) is 45.9 Å². The van der Waals surface area contributed by atoms with Crippen molar-refractivity contribution in [3.63, 3.8) is 0 Å². The van der Waals surface area contributed by atoms with E-state index in [2.05, 4.69) is 15.3 Å². The molecule has 0 aliphatic rings. The lowest BCUT2D eigenvalue weighted by molar-refractivity contribution is 0.0949. The monoisotopic (exact) mass is 333 g/mol. The Morgan fingerprint density at radius 1 is 1.43 bits per heavy atom. The number of carbonyl (C=O) groups is 1. The van der Waals surface area contributed by atoms with Gasteiger partial charge in [-0.1, -0.05) is 0 Å². The maximum Gasteiger partial charge on any atom is 0.270 e. The number of amides is 1. The Morgan fingerprint density at radius 3 is 3.00 bits per heavy atom. The van der Waals surface area contributed by atoms with Crippen LogP contribution in [-0.2, 0) is 20.0 Å². The molecule has 0 saturated heterocycles. The molecule has 1 amide bonds. The average Bonchev–Trinajstić information content (AvgIpc) is 3.14. The number of nitrogens with zero attached hydrogens (tertiary/aromatic N) is 3. The van der Waals surface area contributed by atoms with E-state index in [1.54, 1.807) is 11.4 Å². The lowest BCUT2D eigenvalue weighted by atomic mass is 10.3. The summed E-state index contributed by atoms with van der Waals surface area (Å²) in [5.41, 5.74) is 7.33. The normalized spacial score (nSPS) is 11.1. The van der Waals surface area contributed by atoms with Gasteiger partial charge in [0.15, 0.2) is 0 Å². The second-order valence-corrected chi connectivity index (χ2v) is 6.00. The molecular weight excluding hydrogens is 317 g/mol. The zero-order valence-electron chi connectivity index (χ0n) is 12.5. The number of nitrogens with two attached hydrogens (primary N) is 1. The van der Waals surface area contributed by atoms with Crippen LogP contribution < -0.4 is 11.1 Å². The van der Waals surface area contributed by atoms with Crippen LogP contribution in [0.1, 0.15) is 21.3 Å². The number of hydrogen-bond acceptors (Lipinski definition) is 5. The maximum atomic E-state index is 13.3. The van der Waals surface area contributed by atoms with Crippen molar-refractivity contribution in [2.45, 2.75) is 13.0 Å². The second-order valence-electron chi connectivity index (χ2n) is 5.06. The third-order valence-corrected chi connectivity index (χ3v) is 4.40. The number of thiazole rings is 1. The highest BCUT2D eigenvalue weighted by Crippen LogP contribution is 2.16. The number of aromatic nitrogens is 3. The number of imidazole rings is 1. The lowest BCUT2D eigenvalue weighted by Crippen LogP contribution is -2.26. The molecule has 0 aliphatic heterocycles. The van der Waals surface area contributed by atoms with Crippen molar-refractivity contribution >= 4 is 28.3 Å². The number of nitrogens with one attached hydrogen (secondary N) is 1. The minimum atomic E-state index is -0.292. The third-order valence-electron chi connectivity index (χ3n) is 3.53. The molecular formula is C15H16FN5OS. The van der Waals surface area contributed by atoms with E-state index in [4.69, 9.17) is 5.73 Å². The summed E-state index contributed by atoms with van der Waals surface area (Å²) in [6, 6.07) is 4.49. The molecule has 23 heavy (non-hydrogen) atoms. The van der Waals surface area contributed by atoms with Gasteiger partial charge in [0.05, 0.1) is 11.0 Å². The number of carbonyl (C=O) groups excluding carboxylic acids is 1. The zero-order chi connectivity index (χ0) is 16.4. The van der Waals surface area contributed by atoms with Gasteiger partial charge in [-0.25, -0.2) is 14.4 Å². The molecule has 3 aromatic rings. The first-order valence-corrected chi connectivity index (χ1v) is 8.00. The van der Waals surface area contributed by atoms with Gasteiger partial charge in [-0.15, -0.1) is 11.3 Å². The summed E-state index contributed by atoms with van der Waals surface area (Å²) in [6.07, 6.45) is 0.548. The molecule has 0 fully saturated rings. The number of fused-ring (bicyclic) bond motifs is 1. The van der Waals surface area contributed by atoms with Crippen LogP contribution in [0.15, 0.2) is 23.6 Å². The second kappa shape index (κ2) is 6.43. The van der Waals surface area contributed by atoms with Crippen LogP contribution in [0.2, 0.25) is 0 Å².